The summed E-state index contributed by atoms with van der Waals surface area (Å²) in [5.41, 5.74) is 0.339. The fourth-order valence-corrected chi connectivity index (χ4v) is 1.90. The van der Waals surface area contributed by atoms with Gasteiger partial charge in [0.1, 0.15) is 18.0 Å². The molecule has 0 saturated carbocycles. The number of carbonyl (C=O) groups excluding carboxylic acids is 2. The lowest BCUT2D eigenvalue weighted by Crippen LogP contribution is -2.14. The molecule has 0 spiro atoms. The van der Waals surface area contributed by atoms with Crippen molar-refractivity contribution < 1.29 is 23.8 Å². The van der Waals surface area contributed by atoms with Gasteiger partial charge in [0, 0.05) is 11.6 Å². The Kier molecular flexibility index (Phi) is 5.72. The van der Waals surface area contributed by atoms with Crippen molar-refractivity contribution in [1.82, 2.24) is 15.0 Å². The summed E-state index contributed by atoms with van der Waals surface area (Å²) in [6.07, 6.45) is 1.44. The smallest absolute Gasteiger partial charge is 0.327 e. The molecule has 0 aliphatic rings. The highest BCUT2D eigenvalue weighted by molar-refractivity contribution is 6.04. The molecule has 0 aliphatic carbocycles. The Labute approximate surface area is 138 Å². The summed E-state index contributed by atoms with van der Waals surface area (Å²) in [6, 6.07) is 4.80. The summed E-state index contributed by atoms with van der Waals surface area (Å²) in [4.78, 5) is 23.7. The number of esters is 1. The lowest BCUT2D eigenvalue weighted by atomic mass is 10.2. The van der Waals surface area contributed by atoms with Crippen LogP contribution < -0.4 is 14.8 Å². The maximum Gasteiger partial charge on any atom is 0.327 e. The monoisotopic (exact) mass is 334 g/mol. The second kappa shape index (κ2) is 7.95. The number of amides is 1. The van der Waals surface area contributed by atoms with Gasteiger partial charge >= 0.3 is 5.97 Å². The molecule has 0 saturated heterocycles. The van der Waals surface area contributed by atoms with Crippen LogP contribution >= 0.6 is 0 Å². The van der Waals surface area contributed by atoms with Crippen molar-refractivity contribution in [2.45, 2.75) is 13.5 Å². The second-order valence-corrected chi connectivity index (χ2v) is 4.66. The van der Waals surface area contributed by atoms with E-state index < -0.39 is 11.9 Å². The molecule has 0 radical (unpaired) electrons. The molecule has 0 aliphatic heterocycles. The average Bonchev–Trinajstić information content (AvgIpc) is 3.01. The van der Waals surface area contributed by atoms with Crippen LogP contribution in [0.1, 0.15) is 17.3 Å². The fraction of sp³-hybridized carbons (Fsp3) is 0.333. The van der Waals surface area contributed by atoms with Gasteiger partial charge in [0.25, 0.3) is 5.91 Å². The normalized spacial score (nSPS) is 10.1. The predicted molar refractivity (Wildman–Crippen MR) is 84.2 cm³/mol. The third-order valence-corrected chi connectivity index (χ3v) is 2.99. The van der Waals surface area contributed by atoms with Gasteiger partial charge in [0.05, 0.1) is 27.0 Å². The number of methoxy groups -OCH3 is 2. The molecule has 9 heteroatoms. The zero-order valence-electron chi connectivity index (χ0n) is 13.6. The Morgan fingerprint density at radius 1 is 1.17 bits per heavy atom. The van der Waals surface area contributed by atoms with Crippen molar-refractivity contribution in [3.05, 3.63) is 30.0 Å². The van der Waals surface area contributed by atoms with E-state index >= 15 is 0 Å². The molecule has 1 amide bonds. The predicted octanol–water partition coefficient (Wildman–Crippen LogP) is 1.11. The van der Waals surface area contributed by atoms with Gasteiger partial charge in [-0.25, -0.2) is 4.68 Å². The highest BCUT2D eigenvalue weighted by atomic mass is 16.5. The number of hydrogen-bond acceptors (Lipinski definition) is 7. The number of rotatable bonds is 7. The van der Waals surface area contributed by atoms with Crippen LogP contribution in [0.5, 0.6) is 11.5 Å². The standard InChI is InChI=1S/C15H18N4O5/c1-4-24-14(20)9-19-8-13(17-18-19)16-15(21)10-5-11(22-2)7-12(6-10)23-3/h5-8H,4,9H2,1-3H3,(H,16,21). The summed E-state index contributed by atoms with van der Waals surface area (Å²) in [5.74, 6) is 0.357. The summed E-state index contributed by atoms with van der Waals surface area (Å²) in [7, 11) is 2.99. The molecule has 128 valence electrons. The van der Waals surface area contributed by atoms with Crippen molar-refractivity contribution in [3.63, 3.8) is 0 Å². The van der Waals surface area contributed by atoms with Gasteiger partial charge in [-0.3, -0.25) is 9.59 Å². The molecular weight excluding hydrogens is 316 g/mol. The van der Waals surface area contributed by atoms with E-state index in [9.17, 15) is 9.59 Å². The maximum absolute atomic E-state index is 12.3. The maximum atomic E-state index is 12.3. The van der Waals surface area contributed by atoms with Crippen LogP contribution in [0.3, 0.4) is 0 Å². The zero-order valence-corrected chi connectivity index (χ0v) is 13.6. The zero-order chi connectivity index (χ0) is 17.5. The molecule has 0 fully saturated rings. The molecular formula is C15H18N4O5. The van der Waals surface area contributed by atoms with E-state index in [-0.39, 0.29) is 19.0 Å². The topological polar surface area (TPSA) is 105 Å². The first kappa shape index (κ1) is 17.3. The largest absolute Gasteiger partial charge is 0.497 e. The van der Waals surface area contributed by atoms with Gasteiger partial charge in [0.15, 0.2) is 5.82 Å². The SMILES string of the molecule is CCOC(=O)Cn1cc(NC(=O)c2cc(OC)cc(OC)c2)nn1. The molecule has 1 aromatic heterocycles. The number of nitrogens with one attached hydrogen (secondary N) is 1. The Balaban J connectivity index is 2.07. The molecule has 0 bridgehead atoms. The van der Waals surface area contributed by atoms with E-state index in [2.05, 4.69) is 15.6 Å². The fourth-order valence-electron chi connectivity index (χ4n) is 1.90. The Morgan fingerprint density at radius 3 is 2.42 bits per heavy atom. The summed E-state index contributed by atoms with van der Waals surface area (Å²) in [5, 5.41) is 10.1. The van der Waals surface area contributed by atoms with E-state index in [1.165, 1.54) is 25.1 Å². The van der Waals surface area contributed by atoms with Crippen LogP contribution in [-0.4, -0.2) is 47.7 Å². The first-order valence-electron chi connectivity index (χ1n) is 7.16. The van der Waals surface area contributed by atoms with E-state index in [4.69, 9.17) is 14.2 Å². The Morgan fingerprint density at radius 2 is 1.83 bits per heavy atom. The number of aromatic nitrogens is 3. The second-order valence-electron chi connectivity index (χ2n) is 4.66. The average molecular weight is 334 g/mol. The van der Waals surface area contributed by atoms with Gasteiger partial charge < -0.3 is 19.5 Å². The molecule has 1 heterocycles. The third kappa shape index (κ3) is 4.45. The van der Waals surface area contributed by atoms with Crippen molar-refractivity contribution in [2.24, 2.45) is 0 Å². The van der Waals surface area contributed by atoms with Gasteiger partial charge in [-0.2, -0.15) is 0 Å². The van der Waals surface area contributed by atoms with E-state index in [0.717, 1.165) is 0 Å². The van der Waals surface area contributed by atoms with Crippen molar-refractivity contribution >= 4 is 17.7 Å². The minimum atomic E-state index is -0.433. The van der Waals surface area contributed by atoms with Gasteiger partial charge in [-0.1, -0.05) is 5.21 Å². The van der Waals surface area contributed by atoms with Crippen LogP contribution in [0.4, 0.5) is 5.82 Å². The van der Waals surface area contributed by atoms with E-state index in [0.29, 0.717) is 17.1 Å². The summed E-state index contributed by atoms with van der Waals surface area (Å²) in [6.45, 7) is 1.92. The quantitative estimate of drug-likeness (QED) is 0.756. The number of ether oxygens (including phenoxy) is 3. The first-order valence-corrected chi connectivity index (χ1v) is 7.16. The Hall–Kier alpha value is -3.10. The molecule has 2 rings (SSSR count). The highest BCUT2D eigenvalue weighted by Gasteiger charge is 2.13. The minimum absolute atomic E-state index is 0.0797. The molecule has 24 heavy (non-hydrogen) atoms. The van der Waals surface area contributed by atoms with E-state index in [1.807, 2.05) is 0 Å². The lowest BCUT2D eigenvalue weighted by molar-refractivity contribution is -0.144. The molecule has 0 atom stereocenters. The lowest BCUT2D eigenvalue weighted by Gasteiger charge is -2.07. The number of anilines is 1. The van der Waals surface area contributed by atoms with Crippen LogP contribution in [0.15, 0.2) is 24.4 Å². The number of carbonyl (C=O) groups is 2. The molecule has 1 N–H and O–H groups in total. The molecule has 9 nitrogen and oxygen atoms in total. The van der Waals surface area contributed by atoms with Crippen LogP contribution in [-0.2, 0) is 16.1 Å². The van der Waals surface area contributed by atoms with Crippen molar-refractivity contribution in [3.8, 4) is 11.5 Å². The molecule has 2 aromatic rings. The summed E-state index contributed by atoms with van der Waals surface area (Å²) >= 11 is 0. The van der Waals surface area contributed by atoms with Crippen LogP contribution in [0, 0.1) is 0 Å². The van der Waals surface area contributed by atoms with Gasteiger partial charge in [-0.05, 0) is 19.1 Å². The van der Waals surface area contributed by atoms with Crippen molar-refractivity contribution in [1.29, 1.82) is 0 Å². The Bertz CT molecular complexity index is 706. The highest BCUT2D eigenvalue weighted by Crippen LogP contribution is 2.23. The van der Waals surface area contributed by atoms with Crippen molar-refractivity contribution in [2.75, 3.05) is 26.1 Å². The van der Waals surface area contributed by atoms with Crippen LogP contribution in [0.2, 0.25) is 0 Å². The van der Waals surface area contributed by atoms with Crippen LogP contribution in [0.25, 0.3) is 0 Å². The number of benzene rings is 1. The third-order valence-electron chi connectivity index (χ3n) is 2.99. The minimum Gasteiger partial charge on any atom is -0.497 e. The first-order chi connectivity index (χ1) is 11.5. The van der Waals surface area contributed by atoms with Gasteiger partial charge in [0.2, 0.25) is 0 Å². The molecule has 0 unspecified atom stereocenters. The molecule has 1 aromatic carbocycles. The number of nitrogens with zero attached hydrogens (tertiary/aromatic N) is 3. The van der Waals surface area contributed by atoms with E-state index in [1.54, 1.807) is 25.1 Å². The van der Waals surface area contributed by atoms with Gasteiger partial charge in [-0.15, -0.1) is 5.10 Å². The number of hydrogen-bond donors (Lipinski definition) is 1. The summed E-state index contributed by atoms with van der Waals surface area (Å²) < 4.78 is 16.3.